The van der Waals surface area contributed by atoms with Gasteiger partial charge in [-0.15, -0.1) is 16.8 Å². The van der Waals surface area contributed by atoms with Crippen LogP contribution >= 0.6 is 11.8 Å². The van der Waals surface area contributed by atoms with Gasteiger partial charge in [0.05, 0.1) is 5.75 Å². The zero-order chi connectivity index (χ0) is 24.6. The molecule has 35 heavy (non-hydrogen) atoms. The van der Waals surface area contributed by atoms with Crippen LogP contribution in [0.3, 0.4) is 0 Å². The highest BCUT2D eigenvalue weighted by molar-refractivity contribution is 7.99. The lowest BCUT2D eigenvalue weighted by Gasteiger charge is -2.38. The predicted octanol–water partition coefficient (Wildman–Crippen LogP) is 4.18. The van der Waals surface area contributed by atoms with E-state index in [1.165, 1.54) is 23.4 Å². The predicted molar refractivity (Wildman–Crippen MR) is 135 cm³/mol. The molecule has 1 aliphatic heterocycles. The van der Waals surface area contributed by atoms with Gasteiger partial charge in [-0.3, -0.25) is 14.3 Å². The number of carbonyl (C=O) groups excluding carboxylic acids is 1. The van der Waals surface area contributed by atoms with E-state index in [9.17, 15) is 9.18 Å². The van der Waals surface area contributed by atoms with Crippen molar-refractivity contribution in [2.24, 2.45) is 0 Å². The molecule has 2 heterocycles. The number of halogens is 1. The topological polar surface area (TPSA) is 63.5 Å². The highest BCUT2D eigenvalue weighted by Gasteiger charge is 2.25. The summed E-state index contributed by atoms with van der Waals surface area (Å²) in [4.78, 5) is 17.2. The van der Waals surface area contributed by atoms with Gasteiger partial charge in [0, 0.05) is 38.8 Å². The van der Waals surface area contributed by atoms with E-state index in [2.05, 4.69) is 52.9 Å². The summed E-state index contributed by atoms with van der Waals surface area (Å²) in [5.41, 5.74) is 1.29. The van der Waals surface area contributed by atoms with E-state index in [4.69, 9.17) is 4.74 Å². The largest absolute Gasteiger partial charge is 0.483 e. The average Bonchev–Trinajstić information content (AvgIpc) is 3.28. The van der Waals surface area contributed by atoms with Crippen LogP contribution in [-0.4, -0.2) is 62.4 Å². The highest BCUT2D eigenvalue weighted by atomic mass is 32.2. The van der Waals surface area contributed by atoms with Crippen LogP contribution in [0.5, 0.6) is 5.75 Å². The van der Waals surface area contributed by atoms with Crippen molar-refractivity contribution in [3.05, 3.63) is 84.5 Å². The fourth-order valence-electron chi connectivity index (χ4n) is 4.07. The van der Waals surface area contributed by atoms with Crippen molar-refractivity contribution >= 4 is 17.7 Å². The number of piperazine rings is 1. The van der Waals surface area contributed by atoms with Gasteiger partial charge in [0.2, 0.25) is 5.91 Å². The minimum absolute atomic E-state index is 0.0673. The van der Waals surface area contributed by atoms with Crippen molar-refractivity contribution in [2.45, 2.75) is 31.3 Å². The first-order valence-corrected chi connectivity index (χ1v) is 12.6. The molecule has 0 bridgehead atoms. The number of hydrogen-bond donors (Lipinski definition) is 0. The minimum atomic E-state index is -0.430. The van der Waals surface area contributed by atoms with Crippen molar-refractivity contribution in [1.82, 2.24) is 24.6 Å². The lowest BCUT2D eigenvalue weighted by Crippen LogP contribution is -2.49. The lowest BCUT2D eigenvalue weighted by molar-refractivity contribution is -0.130. The van der Waals surface area contributed by atoms with Crippen molar-refractivity contribution in [2.75, 3.05) is 31.9 Å². The Hall–Kier alpha value is -3.17. The van der Waals surface area contributed by atoms with Gasteiger partial charge in [-0.25, -0.2) is 4.39 Å². The first kappa shape index (κ1) is 24.9. The van der Waals surface area contributed by atoms with Crippen LogP contribution in [0, 0.1) is 5.82 Å². The Morgan fingerprint density at radius 1 is 1.11 bits per heavy atom. The van der Waals surface area contributed by atoms with Gasteiger partial charge in [0.15, 0.2) is 22.5 Å². The molecule has 1 atom stereocenters. The summed E-state index contributed by atoms with van der Waals surface area (Å²) in [6.45, 7) is 9.64. The molecule has 4 rings (SSSR count). The van der Waals surface area contributed by atoms with E-state index in [1.54, 1.807) is 24.3 Å². The van der Waals surface area contributed by atoms with E-state index in [0.29, 0.717) is 36.7 Å². The van der Waals surface area contributed by atoms with Gasteiger partial charge in [-0.05, 0) is 24.6 Å². The summed E-state index contributed by atoms with van der Waals surface area (Å²) in [5, 5.41) is 9.04. The first-order chi connectivity index (χ1) is 17.1. The third-order valence-corrected chi connectivity index (χ3v) is 7.07. The first-order valence-electron chi connectivity index (χ1n) is 11.7. The van der Waals surface area contributed by atoms with E-state index >= 15 is 0 Å². The van der Waals surface area contributed by atoms with Crippen molar-refractivity contribution in [3.63, 3.8) is 0 Å². The number of benzene rings is 2. The molecule has 1 aromatic heterocycles. The molecule has 184 valence electrons. The molecule has 1 fully saturated rings. The fraction of sp³-hybridized carbons (Fsp3) is 0.346. The van der Waals surface area contributed by atoms with Crippen molar-refractivity contribution in [1.29, 1.82) is 0 Å². The number of hydrogen-bond acceptors (Lipinski definition) is 6. The molecule has 7 nitrogen and oxygen atoms in total. The zero-order valence-electron chi connectivity index (χ0n) is 19.8. The normalized spacial score (nSPS) is 15.1. The molecule has 1 amide bonds. The Morgan fingerprint density at radius 3 is 2.54 bits per heavy atom. The second-order valence-electron chi connectivity index (χ2n) is 8.31. The third kappa shape index (κ3) is 6.29. The number of para-hydroxylation sites is 1. The molecule has 1 saturated heterocycles. The Labute approximate surface area is 209 Å². The molecular formula is C26H30FN5O2S. The summed E-state index contributed by atoms with van der Waals surface area (Å²) in [6.07, 6.45) is 1.73. The summed E-state index contributed by atoms with van der Waals surface area (Å²) in [5.74, 6) is 0.634. The summed E-state index contributed by atoms with van der Waals surface area (Å²) in [7, 11) is 0. The SMILES string of the molecule is C=CCn1c(COc2ccccc2F)nnc1SCC(=O)N1CCN([C@@H](C)c2ccccc2)CC1. The average molecular weight is 496 g/mol. The smallest absolute Gasteiger partial charge is 0.233 e. The number of nitrogens with zero attached hydrogens (tertiary/aromatic N) is 5. The van der Waals surface area contributed by atoms with Gasteiger partial charge in [0.25, 0.3) is 0 Å². The minimum Gasteiger partial charge on any atom is -0.483 e. The maximum absolute atomic E-state index is 13.9. The summed E-state index contributed by atoms with van der Waals surface area (Å²) >= 11 is 1.35. The number of allylic oxidation sites excluding steroid dienone is 1. The molecule has 0 unspecified atom stereocenters. The van der Waals surface area contributed by atoms with Crippen LogP contribution in [0.1, 0.15) is 24.4 Å². The number of carbonyl (C=O) groups is 1. The lowest BCUT2D eigenvalue weighted by atomic mass is 10.1. The number of rotatable bonds is 10. The molecule has 0 saturated carbocycles. The van der Waals surface area contributed by atoms with Crippen LogP contribution in [-0.2, 0) is 17.9 Å². The number of thioether (sulfide) groups is 1. The van der Waals surface area contributed by atoms with Gasteiger partial charge < -0.3 is 9.64 Å². The van der Waals surface area contributed by atoms with E-state index in [-0.39, 0.29) is 24.0 Å². The Kier molecular flexibility index (Phi) is 8.54. The molecule has 0 N–H and O–H groups in total. The standard InChI is InChI=1S/C26H30FN5O2S/c1-3-13-32-24(18-34-23-12-8-7-11-22(23)27)28-29-26(32)35-19-25(33)31-16-14-30(15-17-31)20(2)21-9-5-4-6-10-21/h3-12,20H,1,13-19H2,2H3/t20-/m0/s1. The second-order valence-corrected chi connectivity index (χ2v) is 9.25. The van der Waals surface area contributed by atoms with Gasteiger partial charge in [0.1, 0.15) is 6.61 Å². The quantitative estimate of drug-likeness (QED) is 0.311. The molecular weight excluding hydrogens is 465 g/mol. The molecule has 0 spiro atoms. The van der Waals surface area contributed by atoms with Crippen molar-refractivity contribution < 1.29 is 13.9 Å². The maximum Gasteiger partial charge on any atom is 0.233 e. The maximum atomic E-state index is 13.9. The van der Waals surface area contributed by atoms with Crippen LogP contribution in [0.25, 0.3) is 0 Å². The van der Waals surface area contributed by atoms with Crippen molar-refractivity contribution in [3.8, 4) is 5.75 Å². The molecule has 1 aliphatic rings. The summed E-state index contributed by atoms with van der Waals surface area (Å²) < 4.78 is 21.3. The van der Waals surface area contributed by atoms with Gasteiger partial charge in [-0.1, -0.05) is 60.3 Å². The summed E-state index contributed by atoms with van der Waals surface area (Å²) in [6, 6.07) is 17.0. The highest BCUT2D eigenvalue weighted by Crippen LogP contribution is 2.23. The number of amides is 1. The molecule has 9 heteroatoms. The molecule has 0 radical (unpaired) electrons. The monoisotopic (exact) mass is 495 g/mol. The zero-order valence-corrected chi connectivity index (χ0v) is 20.7. The van der Waals surface area contributed by atoms with Gasteiger partial charge >= 0.3 is 0 Å². The molecule has 3 aromatic rings. The van der Waals surface area contributed by atoms with Gasteiger partial charge in [-0.2, -0.15) is 0 Å². The number of aromatic nitrogens is 3. The molecule has 0 aliphatic carbocycles. The fourth-order valence-corrected chi connectivity index (χ4v) is 4.94. The second kappa shape index (κ2) is 12.0. The van der Waals surface area contributed by atoms with Crippen LogP contribution in [0.4, 0.5) is 4.39 Å². The molecule has 2 aromatic carbocycles. The number of ether oxygens (including phenoxy) is 1. The van der Waals surface area contributed by atoms with E-state index < -0.39 is 5.82 Å². The van der Waals surface area contributed by atoms with Crippen LogP contribution in [0.15, 0.2) is 72.4 Å². The third-order valence-electron chi connectivity index (χ3n) is 6.12. The van der Waals surface area contributed by atoms with Crippen LogP contribution < -0.4 is 4.74 Å². The van der Waals surface area contributed by atoms with E-state index in [1.807, 2.05) is 15.5 Å². The Balaban J connectivity index is 1.30. The Morgan fingerprint density at radius 2 is 1.83 bits per heavy atom. The van der Waals surface area contributed by atoms with Crippen LogP contribution in [0.2, 0.25) is 0 Å². The van der Waals surface area contributed by atoms with E-state index in [0.717, 1.165) is 13.1 Å². The Bertz CT molecular complexity index is 1130.